The van der Waals surface area contributed by atoms with Crippen molar-refractivity contribution in [3.8, 4) is 11.1 Å². The summed E-state index contributed by atoms with van der Waals surface area (Å²) in [5, 5.41) is 13.8. The normalized spacial score (nSPS) is 15.5. The number of aliphatic hydroxyl groups is 1. The second-order valence-electron chi connectivity index (χ2n) is 9.46. The molecule has 0 bridgehead atoms. The third-order valence-electron chi connectivity index (χ3n) is 6.94. The molecule has 1 aliphatic rings. The first kappa shape index (κ1) is 26.9. The van der Waals surface area contributed by atoms with Crippen molar-refractivity contribution in [2.24, 2.45) is 5.73 Å². The number of nitrogen functional groups attached to an aromatic ring is 1. The van der Waals surface area contributed by atoms with Gasteiger partial charge in [-0.15, -0.1) is 11.3 Å². The van der Waals surface area contributed by atoms with Crippen molar-refractivity contribution in [3.63, 3.8) is 0 Å². The number of benzene rings is 1. The number of anilines is 2. The van der Waals surface area contributed by atoms with E-state index in [1.54, 1.807) is 17.3 Å². The van der Waals surface area contributed by atoms with E-state index >= 15 is 0 Å². The molecule has 3 aromatic heterocycles. The lowest BCUT2D eigenvalue weighted by Gasteiger charge is -2.34. The molecule has 4 aromatic rings. The number of carbonyl (C=O) groups is 1. The predicted octanol–water partition coefficient (Wildman–Crippen LogP) is 4.35. The van der Waals surface area contributed by atoms with Crippen molar-refractivity contribution in [1.29, 1.82) is 0 Å². The first-order valence-electron chi connectivity index (χ1n) is 12.4. The summed E-state index contributed by atoms with van der Waals surface area (Å²) in [5.41, 5.74) is 12.8. The van der Waals surface area contributed by atoms with Crippen LogP contribution in [0.3, 0.4) is 0 Å². The Bertz CT molecular complexity index is 1470. The zero-order valence-corrected chi connectivity index (χ0v) is 21.6. The van der Waals surface area contributed by atoms with E-state index in [0.717, 1.165) is 34.1 Å². The summed E-state index contributed by atoms with van der Waals surface area (Å²) in [6.45, 7) is 1.31. The first-order valence-corrected chi connectivity index (χ1v) is 13.2. The van der Waals surface area contributed by atoms with Gasteiger partial charge < -0.3 is 26.8 Å². The standard InChI is InChI=1S/C27H27F3N6O2S/c28-27(29,30)19-13-21(35-26-22(19)23(31)24(39-26)25(32)38)36-11-7-18(8-12-36)34-14-20(37)17-3-1-15(2-4-17)16-5-9-33-10-6-16/h1-6,9-10,13,18,20,34,37H,7-8,11-12,14,31H2,(H2,32,38). The maximum absolute atomic E-state index is 13.9. The fourth-order valence-corrected chi connectivity index (χ4v) is 5.79. The Labute approximate surface area is 226 Å². The number of pyridine rings is 2. The molecule has 1 amide bonds. The van der Waals surface area contributed by atoms with Crippen molar-refractivity contribution in [2.45, 2.75) is 31.2 Å². The van der Waals surface area contributed by atoms with Gasteiger partial charge in [-0.25, -0.2) is 4.98 Å². The Morgan fingerprint density at radius 1 is 1.13 bits per heavy atom. The highest BCUT2D eigenvalue weighted by Gasteiger charge is 2.37. The third kappa shape index (κ3) is 5.68. The highest BCUT2D eigenvalue weighted by molar-refractivity contribution is 7.21. The molecular weight excluding hydrogens is 529 g/mol. The van der Waals surface area contributed by atoms with Crippen LogP contribution in [-0.4, -0.2) is 46.7 Å². The van der Waals surface area contributed by atoms with Gasteiger partial charge in [-0.2, -0.15) is 13.2 Å². The maximum atomic E-state index is 13.9. The van der Waals surface area contributed by atoms with Gasteiger partial charge in [0.05, 0.1) is 17.4 Å². The minimum atomic E-state index is -4.67. The fourth-order valence-electron chi connectivity index (χ4n) is 4.83. The maximum Gasteiger partial charge on any atom is 0.417 e. The summed E-state index contributed by atoms with van der Waals surface area (Å²) in [6.07, 6.45) is -0.588. The number of primary amides is 1. The molecule has 204 valence electrons. The summed E-state index contributed by atoms with van der Waals surface area (Å²) in [5.74, 6) is -0.705. The molecule has 1 aliphatic heterocycles. The molecule has 1 fully saturated rings. The van der Waals surface area contributed by atoms with Crippen LogP contribution in [-0.2, 0) is 6.18 Å². The van der Waals surface area contributed by atoms with Crippen LogP contribution < -0.4 is 21.7 Å². The number of nitrogens with zero attached hydrogens (tertiary/aromatic N) is 3. The quantitative estimate of drug-likeness (QED) is 0.266. The van der Waals surface area contributed by atoms with Gasteiger partial charge in [-0.1, -0.05) is 24.3 Å². The summed E-state index contributed by atoms with van der Waals surface area (Å²) >= 11 is 0.769. The Hall–Kier alpha value is -3.74. The lowest BCUT2D eigenvalue weighted by molar-refractivity contribution is -0.136. The van der Waals surface area contributed by atoms with Crippen molar-refractivity contribution >= 4 is 39.0 Å². The molecule has 12 heteroatoms. The molecule has 0 spiro atoms. The second kappa shape index (κ2) is 10.8. The van der Waals surface area contributed by atoms with Crippen molar-refractivity contribution in [1.82, 2.24) is 15.3 Å². The van der Waals surface area contributed by atoms with Crippen LogP contribution in [0.2, 0.25) is 0 Å². The summed E-state index contributed by atoms with van der Waals surface area (Å²) in [4.78, 5) is 21.8. The summed E-state index contributed by atoms with van der Waals surface area (Å²) < 4.78 is 41.7. The predicted molar refractivity (Wildman–Crippen MR) is 145 cm³/mol. The van der Waals surface area contributed by atoms with E-state index in [2.05, 4.69) is 15.3 Å². The number of aromatic nitrogens is 2. The minimum absolute atomic E-state index is 0.0319. The number of nitrogens with two attached hydrogens (primary N) is 2. The monoisotopic (exact) mass is 556 g/mol. The van der Waals surface area contributed by atoms with E-state index < -0.39 is 23.8 Å². The molecule has 1 saturated heterocycles. The fraction of sp³-hybridized carbons (Fsp3) is 0.296. The van der Waals surface area contributed by atoms with Crippen molar-refractivity contribution in [2.75, 3.05) is 30.3 Å². The number of amides is 1. The van der Waals surface area contributed by atoms with Crippen molar-refractivity contribution in [3.05, 3.63) is 70.9 Å². The Morgan fingerprint density at radius 2 is 1.77 bits per heavy atom. The zero-order chi connectivity index (χ0) is 27.7. The number of hydrogen-bond donors (Lipinski definition) is 4. The highest BCUT2D eigenvalue weighted by atomic mass is 32.1. The number of hydrogen-bond acceptors (Lipinski definition) is 8. The number of rotatable bonds is 7. The molecule has 0 saturated carbocycles. The van der Waals surface area contributed by atoms with E-state index in [9.17, 15) is 23.1 Å². The van der Waals surface area contributed by atoms with Crippen LogP contribution in [0.5, 0.6) is 0 Å². The van der Waals surface area contributed by atoms with Crippen LogP contribution in [0.1, 0.15) is 39.7 Å². The van der Waals surface area contributed by atoms with Gasteiger partial charge in [0.15, 0.2) is 0 Å². The summed E-state index contributed by atoms with van der Waals surface area (Å²) in [7, 11) is 0. The Balaban J connectivity index is 1.22. The molecule has 4 heterocycles. The van der Waals surface area contributed by atoms with Gasteiger partial charge in [0.25, 0.3) is 5.91 Å². The number of halogens is 3. The molecule has 5 rings (SSSR count). The average Bonchev–Trinajstić information content (AvgIpc) is 3.28. The van der Waals surface area contributed by atoms with Crippen LogP contribution in [0, 0.1) is 0 Å². The average molecular weight is 557 g/mol. The van der Waals surface area contributed by atoms with E-state index in [0.29, 0.717) is 32.5 Å². The molecule has 1 unspecified atom stereocenters. The molecule has 8 nitrogen and oxygen atoms in total. The largest absolute Gasteiger partial charge is 0.417 e. The van der Waals surface area contributed by atoms with Gasteiger partial charge in [-0.3, -0.25) is 9.78 Å². The molecule has 6 N–H and O–H groups in total. The Kier molecular flexibility index (Phi) is 7.43. The van der Waals surface area contributed by atoms with Crippen molar-refractivity contribution < 1.29 is 23.1 Å². The van der Waals surface area contributed by atoms with E-state index in [-0.39, 0.29) is 32.6 Å². The van der Waals surface area contributed by atoms with Crippen LogP contribution >= 0.6 is 11.3 Å². The van der Waals surface area contributed by atoms with Crippen LogP contribution in [0.15, 0.2) is 54.9 Å². The van der Waals surface area contributed by atoms with E-state index in [1.807, 2.05) is 36.4 Å². The number of aliphatic hydroxyl groups excluding tert-OH is 1. The lowest BCUT2D eigenvalue weighted by Crippen LogP contribution is -2.44. The van der Waals surface area contributed by atoms with Crippen LogP contribution in [0.25, 0.3) is 21.3 Å². The SMILES string of the molecule is NC(=O)c1sc2nc(N3CCC(NCC(O)c4ccc(-c5ccncc5)cc4)CC3)cc(C(F)(F)F)c2c1N. The molecule has 1 aromatic carbocycles. The second-order valence-corrected chi connectivity index (χ2v) is 10.5. The van der Waals surface area contributed by atoms with Gasteiger partial charge in [-0.05, 0) is 47.7 Å². The molecule has 39 heavy (non-hydrogen) atoms. The number of piperidine rings is 1. The lowest BCUT2D eigenvalue weighted by atomic mass is 10.0. The number of thiophene rings is 1. The van der Waals surface area contributed by atoms with E-state index in [4.69, 9.17) is 11.5 Å². The smallest absolute Gasteiger partial charge is 0.397 e. The third-order valence-corrected chi connectivity index (χ3v) is 8.06. The molecule has 1 atom stereocenters. The molecular formula is C27H27F3N6O2S. The Morgan fingerprint density at radius 3 is 2.38 bits per heavy atom. The number of carbonyl (C=O) groups excluding carboxylic acids is 1. The highest BCUT2D eigenvalue weighted by Crippen LogP contribution is 2.43. The number of nitrogens with one attached hydrogen (secondary N) is 1. The number of fused-ring (bicyclic) bond motifs is 1. The molecule has 0 radical (unpaired) electrons. The minimum Gasteiger partial charge on any atom is -0.397 e. The zero-order valence-electron chi connectivity index (χ0n) is 20.8. The van der Waals surface area contributed by atoms with Gasteiger partial charge in [0, 0.05) is 43.5 Å². The molecule has 0 aliphatic carbocycles. The number of alkyl halides is 3. The van der Waals surface area contributed by atoms with Gasteiger partial charge in [0.1, 0.15) is 15.5 Å². The van der Waals surface area contributed by atoms with Gasteiger partial charge in [0.2, 0.25) is 0 Å². The summed E-state index contributed by atoms with van der Waals surface area (Å²) in [6, 6.07) is 12.6. The van der Waals surface area contributed by atoms with Crippen LogP contribution in [0.4, 0.5) is 24.7 Å². The van der Waals surface area contributed by atoms with E-state index in [1.165, 1.54) is 0 Å². The first-order chi connectivity index (χ1) is 18.6. The van der Waals surface area contributed by atoms with Gasteiger partial charge >= 0.3 is 6.18 Å². The topological polar surface area (TPSA) is 130 Å².